The van der Waals surface area contributed by atoms with Gasteiger partial charge in [0, 0.05) is 24.9 Å². The van der Waals surface area contributed by atoms with E-state index in [0.717, 1.165) is 24.3 Å². The van der Waals surface area contributed by atoms with E-state index in [1.165, 1.54) is 31.0 Å². The molecule has 1 rings (SSSR count). The van der Waals surface area contributed by atoms with Crippen LogP contribution in [-0.2, 0) is 0 Å². The molecule has 2 N–H and O–H groups in total. The molecule has 1 saturated heterocycles. The van der Waals surface area contributed by atoms with Crippen molar-refractivity contribution in [1.29, 1.82) is 0 Å². The highest BCUT2D eigenvalue weighted by molar-refractivity contribution is 7.99. The number of nitrogens with two attached hydrogens (primary N) is 1. The van der Waals surface area contributed by atoms with Crippen LogP contribution in [0.15, 0.2) is 0 Å². The van der Waals surface area contributed by atoms with Crippen molar-refractivity contribution in [3.05, 3.63) is 0 Å². The van der Waals surface area contributed by atoms with Gasteiger partial charge in [-0.1, -0.05) is 27.7 Å². The summed E-state index contributed by atoms with van der Waals surface area (Å²) in [5.74, 6) is 4.77. The van der Waals surface area contributed by atoms with Crippen molar-refractivity contribution in [2.45, 2.75) is 40.2 Å². The second-order valence-electron chi connectivity index (χ2n) is 5.87. The molecule has 0 aliphatic carbocycles. The first-order valence-corrected chi connectivity index (χ1v) is 8.25. The highest BCUT2D eigenvalue weighted by Crippen LogP contribution is 2.28. The van der Waals surface area contributed by atoms with E-state index >= 15 is 0 Å². The molecule has 0 radical (unpaired) electrons. The minimum atomic E-state index is 0.577. The summed E-state index contributed by atoms with van der Waals surface area (Å²) < 4.78 is 0. The topological polar surface area (TPSA) is 29.3 Å². The number of nitrogens with zero attached hydrogens (tertiary/aromatic N) is 1. The minimum Gasteiger partial charge on any atom is -0.329 e. The molecule has 3 heteroatoms. The smallest absolute Gasteiger partial charge is 0.0251 e. The molecule has 0 aromatic heterocycles. The predicted octanol–water partition coefficient (Wildman–Crippen LogP) is 2.68. The largest absolute Gasteiger partial charge is 0.329 e. The Balaban J connectivity index is 2.72. The van der Waals surface area contributed by atoms with E-state index in [-0.39, 0.29) is 0 Å². The fourth-order valence-electron chi connectivity index (χ4n) is 3.31. The van der Waals surface area contributed by atoms with E-state index in [1.807, 2.05) is 0 Å². The second-order valence-corrected chi connectivity index (χ2v) is 7.10. The Morgan fingerprint density at radius 2 is 1.71 bits per heavy atom. The van der Waals surface area contributed by atoms with Crippen LogP contribution in [0.25, 0.3) is 0 Å². The third kappa shape index (κ3) is 4.46. The maximum absolute atomic E-state index is 6.08. The summed E-state index contributed by atoms with van der Waals surface area (Å²) in [6.45, 7) is 12.7. The Bertz CT molecular complexity index is 190. The minimum absolute atomic E-state index is 0.577. The zero-order valence-electron chi connectivity index (χ0n) is 12.0. The van der Waals surface area contributed by atoms with Crippen molar-refractivity contribution >= 4 is 11.8 Å². The van der Waals surface area contributed by atoms with Crippen LogP contribution in [0.1, 0.15) is 34.1 Å². The van der Waals surface area contributed by atoms with Gasteiger partial charge in [0.2, 0.25) is 0 Å². The van der Waals surface area contributed by atoms with Gasteiger partial charge in [-0.2, -0.15) is 11.8 Å². The summed E-state index contributed by atoms with van der Waals surface area (Å²) in [5, 5.41) is 0. The third-order valence-electron chi connectivity index (χ3n) is 3.95. The van der Waals surface area contributed by atoms with Crippen LogP contribution in [0.2, 0.25) is 0 Å². The molecule has 1 aliphatic heterocycles. The summed E-state index contributed by atoms with van der Waals surface area (Å²) in [5.41, 5.74) is 6.08. The average molecular weight is 258 g/mol. The normalized spacial score (nSPS) is 21.2. The lowest BCUT2D eigenvalue weighted by Gasteiger charge is -2.40. The first-order valence-electron chi connectivity index (χ1n) is 7.09. The Morgan fingerprint density at radius 3 is 2.24 bits per heavy atom. The molecule has 0 aromatic rings. The molecule has 0 bridgehead atoms. The molecule has 1 heterocycles. The predicted molar refractivity (Wildman–Crippen MR) is 79.5 cm³/mol. The van der Waals surface area contributed by atoms with E-state index < -0.39 is 0 Å². The van der Waals surface area contributed by atoms with Crippen molar-refractivity contribution in [2.24, 2.45) is 23.5 Å². The Hall–Kier alpha value is 0.270. The maximum atomic E-state index is 6.08. The van der Waals surface area contributed by atoms with Crippen LogP contribution in [0.3, 0.4) is 0 Å². The first kappa shape index (κ1) is 15.3. The van der Waals surface area contributed by atoms with Gasteiger partial charge in [-0.25, -0.2) is 0 Å². The molecule has 102 valence electrons. The van der Waals surface area contributed by atoms with Crippen molar-refractivity contribution in [3.63, 3.8) is 0 Å². The van der Waals surface area contributed by atoms with Crippen molar-refractivity contribution in [3.8, 4) is 0 Å². The van der Waals surface area contributed by atoms with E-state index in [0.29, 0.717) is 6.04 Å². The molecule has 1 fully saturated rings. The molecule has 17 heavy (non-hydrogen) atoms. The van der Waals surface area contributed by atoms with Crippen LogP contribution < -0.4 is 5.73 Å². The highest BCUT2D eigenvalue weighted by Gasteiger charge is 2.31. The molecule has 1 unspecified atom stereocenters. The lowest BCUT2D eigenvalue weighted by molar-refractivity contribution is 0.0974. The van der Waals surface area contributed by atoms with Crippen LogP contribution in [0.5, 0.6) is 0 Å². The fourth-order valence-corrected chi connectivity index (χ4v) is 4.21. The van der Waals surface area contributed by atoms with Gasteiger partial charge in [-0.15, -0.1) is 0 Å². The van der Waals surface area contributed by atoms with E-state index in [9.17, 15) is 0 Å². The van der Waals surface area contributed by atoms with Gasteiger partial charge in [-0.3, -0.25) is 4.90 Å². The van der Waals surface area contributed by atoms with Crippen LogP contribution in [-0.4, -0.2) is 42.1 Å². The number of thioether (sulfide) groups is 1. The van der Waals surface area contributed by atoms with Gasteiger partial charge < -0.3 is 5.73 Å². The fraction of sp³-hybridized carbons (Fsp3) is 1.00. The summed E-state index contributed by atoms with van der Waals surface area (Å²) >= 11 is 2.09. The average Bonchev–Trinajstić information content (AvgIpc) is 2.52. The molecular weight excluding hydrogens is 228 g/mol. The lowest BCUT2D eigenvalue weighted by atomic mass is 9.79. The third-order valence-corrected chi connectivity index (χ3v) is 5.00. The summed E-state index contributed by atoms with van der Waals surface area (Å²) in [4.78, 5) is 2.66. The van der Waals surface area contributed by atoms with Crippen LogP contribution in [0.4, 0.5) is 0 Å². The Labute approximate surface area is 112 Å². The molecule has 0 saturated carbocycles. The summed E-state index contributed by atoms with van der Waals surface area (Å²) in [6, 6.07) is 0.577. The van der Waals surface area contributed by atoms with E-state index in [1.54, 1.807) is 0 Å². The monoisotopic (exact) mass is 258 g/mol. The Morgan fingerprint density at radius 1 is 1.06 bits per heavy atom. The van der Waals surface area contributed by atoms with Gasteiger partial charge in [0.05, 0.1) is 0 Å². The van der Waals surface area contributed by atoms with Gasteiger partial charge >= 0.3 is 0 Å². The maximum Gasteiger partial charge on any atom is 0.0251 e. The second kappa shape index (κ2) is 7.65. The molecular formula is C14H30N2S. The number of hydrogen-bond acceptors (Lipinski definition) is 3. The molecule has 1 atom stereocenters. The molecule has 1 aliphatic rings. The van der Waals surface area contributed by atoms with Gasteiger partial charge in [-0.05, 0) is 36.5 Å². The van der Waals surface area contributed by atoms with Gasteiger partial charge in [0.15, 0.2) is 0 Å². The first-order chi connectivity index (χ1) is 8.07. The molecule has 0 spiro atoms. The zero-order chi connectivity index (χ0) is 12.8. The lowest BCUT2D eigenvalue weighted by Crippen LogP contribution is -2.49. The van der Waals surface area contributed by atoms with E-state index in [2.05, 4.69) is 44.4 Å². The summed E-state index contributed by atoms with van der Waals surface area (Å²) in [6.07, 6.45) is 1.32. The van der Waals surface area contributed by atoms with Gasteiger partial charge in [0.25, 0.3) is 0 Å². The quantitative estimate of drug-likeness (QED) is 0.822. The van der Waals surface area contributed by atoms with Crippen molar-refractivity contribution in [2.75, 3.05) is 31.1 Å². The molecule has 2 nitrogen and oxygen atoms in total. The Kier molecular flexibility index (Phi) is 6.90. The van der Waals surface area contributed by atoms with Crippen molar-refractivity contribution in [1.82, 2.24) is 4.90 Å². The summed E-state index contributed by atoms with van der Waals surface area (Å²) in [7, 11) is 0. The SMILES string of the molecule is CC(C)C(C(C)C)C(CN)N1CCCSCC1. The van der Waals surface area contributed by atoms with Gasteiger partial charge in [0.1, 0.15) is 0 Å². The zero-order valence-corrected chi connectivity index (χ0v) is 12.8. The molecule has 0 aromatic carbocycles. The number of hydrogen-bond donors (Lipinski definition) is 1. The van der Waals surface area contributed by atoms with Crippen LogP contribution in [0, 0.1) is 17.8 Å². The highest BCUT2D eigenvalue weighted by atomic mass is 32.2. The van der Waals surface area contributed by atoms with Crippen molar-refractivity contribution < 1.29 is 0 Å². The standard InChI is InChI=1S/C14H30N2S/c1-11(2)14(12(3)4)13(10-15)16-6-5-8-17-9-7-16/h11-14H,5-10,15H2,1-4H3. The van der Waals surface area contributed by atoms with E-state index in [4.69, 9.17) is 5.73 Å². The molecule has 0 amide bonds. The number of rotatable bonds is 5. The van der Waals surface area contributed by atoms with Crippen LogP contribution >= 0.6 is 11.8 Å².